The first-order valence-corrected chi connectivity index (χ1v) is 7.72. The van der Waals surface area contributed by atoms with E-state index >= 15 is 0 Å². The highest BCUT2D eigenvalue weighted by Crippen LogP contribution is 2.16. The molecule has 0 radical (unpaired) electrons. The molecule has 1 aliphatic rings. The Kier molecular flexibility index (Phi) is 5.78. The second-order valence-corrected chi connectivity index (χ2v) is 5.35. The SMILES string of the molecule is CCC(CC)NC(=O)N1CCCC(Oc2cccnn2)C1. The first-order valence-electron chi connectivity index (χ1n) is 7.72. The number of hydrogen-bond donors (Lipinski definition) is 1. The first-order chi connectivity index (χ1) is 10.2. The Morgan fingerprint density at radius 3 is 3.00 bits per heavy atom. The molecule has 1 atom stereocenters. The van der Waals surface area contributed by atoms with Gasteiger partial charge in [0, 0.05) is 24.8 Å². The number of nitrogens with one attached hydrogen (secondary N) is 1. The van der Waals surface area contributed by atoms with E-state index in [9.17, 15) is 4.79 Å². The normalized spacial score (nSPS) is 18.6. The van der Waals surface area contributed by atoms with Crippen molar-refractivity contribution in [2.24, 2.45) is 0 Å². The number of hydrogen-bond acceptors (Lipinski definition) is 4. The highest BCUT2D eigenvalue weighted by Gasteiger charge is 2.26. The topological polar surface area (TPSA) is 67.4 Å². The fourth-order valence-electron chi connectivity index (χ4n) is 2.50. The summed E-state index contributed by atoms with van der Waals surface area (Å²) in [6.07, 6.45) is 5.39. The molecule has 2 heterocycles. The number of urea groups is 1. The first kappa shape index (κ1) is 15.5. The average molecular weight is 292 g/mol. The zero-order valence-corrected chi connectivity index (χ0v) is 12.8. The third-order valence-electron chi connectivity index (χ3n) is 3.81. The van der Waals surface area contributed by atoms with Crippen LogP contribution in [0.15, 0.2) is 18.3 Å². The minimum atomic E-state index is -0.0112. The summed E-state index contributed by atoms with van der Waals surface area (Å²) in [7, 11) is 0. The van der Waals surface area contributed by atoms with Crippen LogP contribution in [-0.2, 0) is 0 Å². The Labute approximate surface area is 125 Å². The Morgan fingerprint density at radius 1 is 1.52 bits per heavy atom. The van der Waals surface area contributed by atoms with Gasteiger partial charge in [-0.25, -0.2) is 4.79 Å². The minimum Gasteiger partial charge on any atom is -0.471 e. The third-order valence-corrected chi connectivity index (χ3v) is 3.81. The van der Waals surface area contributed by atoms with E-state index in [4.69, 9.17) is 4.74 Å². The number of nitrogens with zero attached hydrogens (tertiary/aromatic N) is 3. The molecule has 21 heavy (non-hydrogen) atoms. The van der Waals surface area contributed by atoms with E-state index in [2.05, 4.69) is 29.4 Å². The van der Waals surface area contributed by atoms with Crippen LogP contribution in [0.25, 0.3) is 0 Å². The summed E-state index contributed by atoms with van der Waals surface area (Å²) in [4.78, 5) is 14.1. The molecule has 1 aliphatic heterocycles. The smallest absolute Gasteiger partial charge is 0.317 e. The molecule has 0 bridgehead atoms. The molecule has 6 heteroatoms. The van der Waals surface area contributed by atoms with Crippen LogP contribution in [0.2, 0.25) is 0 Å². The summed E-state index contributed by atoms with van der Waals surface area (Å²) >= 11 is 0. The van der Waals surface area contributed by atoms with Gasteiger partial charge < -0.3 is 15.0 Å². The van der Waals surface area contributed by atoms with Crippen molar-refractivity contribution in [1.29, 1.82) is 0 Å². The van der Waals surface area contributed by atoms with Gasteiger partial charge in [0.15, 0.2) is 0 Å². The zero-order chi connectivity index (χ0) is 15.1. The lowest BCUT2D eigenvalue weighted by molar-refractivity contribution is 0.0957. The lowest BCUT2D eigenvalue weighted by Crippen LogP contribution is -2.50. The van der Waals surface area contributed by atoms with Crippen molar-refractivity contribution >= 4 is 6.03 Å². The molecule has 2 amide bonds. The molecule has 116 valence electrons. The number of amides is 2. The van der Waals surface area contributed by atoms with E-state index in [0.717, 1.165) is 32.2 Å². The Morgan fingerprint density at radius 2 is 2.33 bits per heavy atom. The fraction of sp³-hybridized carbons (Fsp3) is 0.667. The van der Waals surface area contributed by atoms with Gasteiger partial charge in [-0.2, -0.15) is 5.10 Å². The van der Waals surface area contributed by atoms with Crippen molar-refractivity contribution in [2.75, 3.05) is 13.1 Å². The predicted octanol–water partition coefficient (Wildman–Crippen LogP) is 2.22. The Bertz CT molecular complexity index is 437. The molecule has 0 spiro atoms. The number of aromatic nitrogens is 2. The van der Waals surface area contributed by atoms with Crippen LogP contribution in [-0.4, -0.2) is 46.4 Å². The summed E-state index contributed by atoms with van der Waals surface area (Å²) in [5.74, 6) is 0.518. The van der Waals surface area contributed by atoms with Gasteiger partial charge in [0.1, 0.15) is 6.10 Å². The number of ether oxygens (including phenoxy) is 1. The van der Waals surface area contributed by atoms with Crippen LogP contribution in [0.3, 0.4) is 0 Å². The summed E-state index contributed by atoms with van der Waals surface area (Å²) in [6, 6.07) is 3.84. The minimum absolute atomic E-state index is 0.0103. The van der Waals surface area contributed by atoms with Crippen LogP contribution in [0.5, 0.6) is 5.88 Å². The summed E-state index contributed by atoms with van der Waals surface area (Å²) < 4.78 is 5.80. The van der Waals surface area contributed by atoms with Crippen LogP contribution in [0, 0.1) is 0 Å². The van der Waals surface area contributed by atoms with Crippen LogP contribution < -0.4 is 10.1 Å². The van der Waals surface area contributed by atoms with Gasteiger partial charge in [-0.3, -0.25) is 0 Å². The van der Waals surface area contributed by atoms with Crippen molar-refractivity contribution in [1.82, 2.24) is 20.4 Å². The number of carbonyl (C=O) groups is 1. The lowest BCUT2D eigenvalue weighted by atomic mass is 10.1. The molecule has 1 fully saturated rings. The molecule has 2 rings (SSSR count). The van der Waals surface area contributed by atoms with Gasteiger partial charge in [0.25, 0.3) is 0 Å². The predicted molar refractivity (Wildman–Crippen MR) is 80.2 cm³/mol. The summed E-state index contributed by atoms with van der Waals surface area (Å²) in [5, 5.41) is 10.8. The van der Waals surface area contributed by atoms with Crippen LogP contribution in [0.4, 0.5) is 4.79 Å². The summed E-state index contributed by atoms with van der Waals surface area (Å²) in [6.45, 7) is 5.56. The molecule has 0 aliphatic carbocycles. The highest BCUT2D eigenvalue weighted by molar-refractivity contribution is 5.74. The van der Waals surface area contributed by atoms with Crippen molar-refractivity contribution in [3.8, 4) is 5.88 Å². The van der Waals surface area contributed by atoms with Gasteiger partial charge >= 0.3 is 6.03 Å². The second kappa shape index (κ2) is 7.81. The van der Waals surface area contributed by atoms with Crippen molar-refractivity contribution in [2.45, 2.75) is 51.7 Å². The Hall–Kier alpha value is -1.85. The number of rotatable bonds is 5. The second-order valence-electron chi connectivity index (χ2n) is 5.35. The standard InChI is InChI=1S/C15H24N4O2/c1-3-12(4-2)17-15(20)19-10-6-7-13(11-19)21-14-8-5-9-16-18-14/h5,8-9,12-13H,3-4,6-7,10-11H2,1-2H3,(H,17,20). The number of carbonyl (C=O) groups excluding carboxylic acids is 1. The zero-order valence-electron chi connectivity index (χ0n) is 12.8. The van der Waals surface area contributed by atoms with E-state index in [1.165, 1.54) is 0 Å². The molecule has 6 nitrogen and oxygen atoms in total. The van der Waals surface area contributed by atoms with E-state index in [-0.39, 0.29) is 18.2 Å². The van der Waals surface area contributed by atoms with E-state index in [1.807, 2.05) is 4.90 Å². The molecular weight excluding hydrogens is 268 g/mol. The molecular formula is C15H24N4O2. The van der Waals surface area contributed by atoms with Crippen molar-refractivity contribution in [3.05, 3.63) is 18.3 Å². The largest absolute Gasteiger partial charge is 0.471 e. The molecule has 1 aromatic heterocycles. The molecule has 1 saturated heterocycles. The molecule has 0 saturated carbocycles. The van der Waals surface area contributed by atoms with E-state index in [0.29, 0.717) is 12.4 Å². The van der Waals surface area contributed by atoms with Crippen LogP contribution in [0.1, 0.15) is 39.5 Å². The van der Waals surface area contributed by atoms with Gasteiger partial charge in [0.05, 0.1) is 6.54 Å². The van der Waals surface area contributed by atoms with Gasteiger partial charge in [0.2, 0.25) is 5.88 Å². The van der Waals surface area contributed by atoms with Gasteiger partial charge in [-0.1, -0.05) is 13.8 Å². The number of likely N-dealkylation sites (tertiary alicyclic amines) is 1. The quantitative estimate of drug-likeness (QED) is 0.903. The fourth-order valence-corrected chi connectivity index (χ4v) is 2.50. The number of piperidine rings is 1. The van der Waals surface area contributed by atoms with E-state index in [1.54, 1.807) is 18.3 Å². The maximum atomic E-state index is 12.3. The van der Waals surface area contributed by atoms with Crippen LogP contribution >= 0.6 is 0 Å². The van der Waals surface area contributed by atoms with Crippen molar-refractivity contribution < 1.29 is 9.53 Å². The molecule has 0 aromatic carbocycles. The van der Waals surface area contributed by atoms with Gasteiger partial charge in [-0.05, 0) is 31.7 Å². The highest BCUT2D eigenvalue weighted by atomic mass is 16.5. The van der Waals surface area contributed by atoms with E-state index < -0.39 is 0 Å². The maximum absolute atomic E-state index is 12.3. The lowest BCUT2D eigenvalue weighted by Gasteiger charge is -2.33. The third kappa shape index (κ3) is 4.58. The molecule has 1 aromatic rings. The Balaban J connectivity index is 1.87. The monoisotopic (exact) mass is 292 g/mol. The average Bonchev–Trinajstić information content (AvgIpc) is 2.53. The van der Waals surface area contributed by atoms with Gasteiger partial charge in [-0.15, -0.1) is 5.10 Å². The molecule has 1 unspecified atom stereocenters. The van der Waals surface area contributed by atoms with Crippen molar-refractivity contribution in [3.63, 3.8) is 0 Å². The maximum Gasteiger partial charge on any atom is 0.317 e. The molecule has 1 N–H and O–H groups in total. The summed E-state index contributed by atoms with van der Waals surface area (Å²) in [5.41, 5.74) is 0.